The van der Waals surface area contributed by atoms with E-state index in [2.05, 4.69) is 5.32 Å². The minimum atomic E-state index is -0.494. The molecule has 1 aliphatic rings. The van der Waals surface area contributed by atoms with Gasteiger partial charge < -0.3 is 15.0 Å². The molecule has 0 aliphatic carbocycles. The van der Waals surface area contributed by atoms with Gasteiger partial charge in [0.2, 0.25) is 11.8 Å². The highest BCUT2D eigenvalue weighted by atomic mass is 19.1. The van der Waals surface area contributed by atoms with Crippen LogP contribution in [-0.2, 0) is 27.5 Å². The Bertz CT molecular complexity index is 853. The minimum Gasteiger partial charge on any atom is -0.374 e. The average Bonchev–Trinajstić information content (AvgIpc) is 3.07. The lowest BCUT2D eigenvalue weighted by Crippen LogP contribution is -2.33. The van der Waals surface area contributed by atoms with Gasteiger partial charge in [-0.25, -0.2) is 4.39 Å². The van der Waals surface area contributed by atoms with Crippen molar-refractivity contribution < 1.29 is 18.7 Å². The van der Waals surface area contributed by atoms with Crippen LogP contribution in [0.3, 0.4) is 0 Å². The fourth-order valence-electron chi connectivity index (χ4n) is 3.24. The Morgan fingerprint density at radius 3 is 2.57 bits per heavy atom. The molecule has 148 valence electrons. The third kappa shape index (κ3) is 4.75. The summed E-state index contributed by atoms with van der Waals surface area (Å²) in [5, 5.41) is 2.91. The molecule has 5 nitrogen and oxygen atoms in total. The van der Waals surface area contributed by atoms with Gasteiger partial charge in [-0.05, 0) is 37.1 Å². The monoisotopic (exact) mass is 384 g/mol. The quantitative estimate of drug-likeness (QED) is 0.796. The first-order valence-electron chi connectivity index (χ1n) is 9.46. The summed E-state index contributed by atoms with van der Waals surface area (Å²) in [5.74, 6) is -1.40. The number of carbonyl (C=O) groups is 2. The highest BCUT2D eigenvalue weighted by Gasteiger charge is 2.36. The van der Waals surface area contributed by atoms with E-state index in [4.69, 9.17) is 4.74 Å². The molecule has 2 aromatic rings. The molecule has 0 saturated carbocycles. The highest BCUT2D eigenvalue weighted by molar-refractivity contribution is 6.00. The van der Waals surface area contributed by atoms with Crippen LogP contribution in [0.4, 0.5) is 10.1 Å². The van der Waals surface area contributed by atoms with Crippen LogP contribution in [0.5, 0.6) is 0 Å². The Balaban J connectivity index is 1.61. The number of para-hydroxylation sites is 1. The second kappa shape index (κ2) is 8.97. The Morgan fingerprint density at radius 1 is 1.18 bits per heavy atom. The number of hydrogen-bond acceptors (Lipinski definition) is 3. The van der Waals surface area contributed by atoms with Crippen LogP contribution in [0, 0.1) is 11.7 Å². The van der Waals surface area contributed by atoms with Gasteiger partial charge in [-0.2, -0.15) is 0 Å². The van der Waals surface area contributed by atoms with Crippen molar-refractivity contribution in [1.29, 1.82) is 0 Å². The Labute approximate surface area is 164 Å². The number of hydrogen-bond donors (Lipinski definition) is 1. The minimum absolute atomic E-state index is 0.0816. The Morgan fingerprint density at radius 2 is 1.86 bits per heavy atom. The standard InChI is InChI=1S/C22H25FN2O3/c1-15(2)28-14-17-8-4-3-7-16(17)12-24-22(27)18-11-21(26)25(13-18)20-10-6-5-9-19(20)23/h3-10,15,18H,11-14H2,1-2H3,(H,24,27)/t18-/m0/s1. The zero-order valence-corrected chi connectivity index (χ0v) is 16.2. The van der Waals surface area contributed by atoms with E-state index in [-0.39, 0.29) is 36.6 Å². The van der Waals surface area contributed by atoms with Crippen molar-refractivity contribution in [3.8, 4) is 0 Å². The van der Waals surface area contributed by atoms with Crippen LogP contribution in [0.2, 0.25) is 0 Å². The van der Waals surface area contributed by atoms with Crippen LogP contribution < -0.4 is 10.2 Å². The molecule has 2 amide bonds. The summed E-state index contributed by atoms with van der Waals surface area (Å²) >= 11 is 0. The van der Waals surface area contributed by atoms with Crippen molar-refractivity contribution in [2.24, 2.45) is 5.92 Å². The summed E-state index contributed by atoms with van der Waals surface area (Å²) in [5.41, 5.74) is 2.22. The summed E-state index contributed by atoms with van der Waals surface area (Å²) in [7, 11) is 0. The van der Waals surface area contributed by atoms with Gasteiger partial charge in [-0.15, -0.1) is 0 Å². The van der Waals surface area contributed by atoms with E-state index in [1.54, 1.807) is 18.2 Å². The zero-order chi connectivity index (χ0) is 20.1. The number of amides is 2. The van der Waals surface area contributed by atoms with Gasteiger partial charge in [0, 0.05) is 19.5 Å². The first-order chi connectivity index (χ1) is 13.5. The lowest BCUT2D eigenvalue weighted by molar-refractivity contribution is -0.126. The summed E-state index contributed by atoms with van der Waals surface area (Å²) < 4.78 is 19.6. The highest BCUT2D eigenvalue weighted by Crippen LogP contribution is 2.27. The molecule has 0 aromatic heterocycles. The number of ether oxygens (including phenoxy) is 1. The molecule has 2 aromatic carbocycles. The van der Waals surface area contributed by atoms with Crippen molar-refractivity contribution in [1.82, 2.24) is 5.32 Å². The van der Waals surface area contributed by atoms with Gasteiger partial charge in [-0.3, -0.25) is 9.59 Å². The maximum atomic E-state index is 14.0. The van der Waals surface area contributed by atoms with Gasteiger partial charge in [0.1, 0.15) is 5.82 Å². The van der Waals surface area contributed by atoms with Crippen LogP contribution >= 0.6 is 0 Å². The average molecular weight is 384 g/mol. The van der Waals surface area contributed by atoms with E-state index >= 15 is 0 Å². The van der Waals surface area contributed by atoms with E-state index in [1.165, 1.54) is 11.0 Å². The summed E-state index contributed by atoms with van der Waals surface area (Å²) in [6, 6.07) is 13.9. The Kier molecular flexibility index (Phi) is 6.41. The molecule has 0 radical (unpaired) electrons. The van der Waals surface area contributed by atoms with Crippen molar-refractivity contribution in [3.05, 3.63) is 65.5 Å². The number of nitrogens with one attached hydrogen (secondary N) is 1. The van der Waals surface area contributed by atoms with Gasteiger partial charge in [0.05, 0.1) is 24.3 Å². The van der Waals surface area contributed by atoms with Crippen LogP contribution in [0.25, 0.3) is 0 Å². The SMILES string of the molecule is CC(C)OCc1ccccc1CNC(=O)[C@H]1CC(=O)N(c2ccccc2F)C1. The lowest BCUT2D eigenvalue weighted by Gasteiger charge is -2.17. The molecule has 0 unspecified atom stereocenters. The second-order valence-electron chi connectivity index (χ2n) is 7.20. The molecular weight excluding hydrogens is 359 g/mol. The molecular formula is C22H25FN2O3. The number of rotatable bonds is 7. The van der Waals surface area contributed by atoms with Crippen LogP contribution in [0.15, 0.2) is 48.5 Å². The van der Waals surface area contributed by atoms with E-state index < -0.39 is 11.7 Å². The van der Waals surface area contributed by atoms with E-state index in [9.17, 15) is 14.0 Å². The number of nitrogens with zero attached hydrogens (tertiary/aromatic N) is 1. The summed E-state index contributed by atoms with van der Waals surface area (Å²) in [6.07, 6.45) is 0.203. The topological polar surface area (TPSA) is 58.6 Å². The molecule has 1 heterocycles. The van der Waals surface area contributed by atoms with Gasteiger partial charge in [0.25, 0.3) is 0 Å². The number of halogens is 1. The molecule has 1 aliphatic heterocycles. The summed E-state index contributed by atoms with van der Waals surface area (Å²) in [6.45, 7) is 4.98. The molecule has 1 N–H and O–H groups in total. The van der Waals surface area contributed by atoms with Crippen LogP contribution in [0.1, 0.15) is 31.4 Å². The molecule has 1 fully saturated rings. The van der Waals surface area contributed by atoms with Crippen LogP contribution in [-0.4, -0.2) is 24.5 Å². The first-order valence-corrected chi connectivity index (χ1v) is 9.46. The first kappa shape index (κ1) is 20.0. The van der Waals surface area contributed by atoms with E-state index in [0.717, 1.165) is 11.1 Å². The predicted octanol–water partition coefficient (Wildman–Crippen LogP) is 3.42. The number of benzene rings is 2. The summed E-state index contributed by atoms with van der Waals surface area (Å²) in [4.78, 5) is 26.2. The third-order valence-electron chi connectivity index (χ3n) is 4.78. The van der Waals surface area contributed by atoms with Crippen molar-refractivity contribution >= 4 is 17.5 Å². The Hall–Kier alpha value is -2.73. The van der Waals surface area contributed by atoms with Gasteiger partial charge in [-0.1, -0.05) is 36.4 Å². The fraction of sp³-hybridized carbons (Fsp3) is 0.364. The number of anilines is 1. The molecule has 0 bridgehead atoms. The largest absolute Gasteiger partial charge is 0.374 e. The van der Waals surface area contributed by atoms with Crippen molar-refractivity contribution in [2.75, 3.05) is 11.4 Å². The van der Waals surface area contributed by atoms with Crippen molar-refractivity contribution in [2.45, 2.75) is 39.5 Å². The fourth-order valence-corrected chi connectivity index (χ4v) is 3.24. The molecule has 1 saturated heterocycles. The molecule has 1 atom stereocenters. The molecule has 3 rings (SSSR count). The number of carbonyl (C=O) groups excluding carboxylic acids is 2. The second-order valence-corrected chi connectivity index (χ2v) is 7.20. The third-order valence-corrected chi connectivity index (χ3v) is 4.78. The normalized spacial score (nSPS) is 16.6. The molecule has 6 heteroatoms. The van der Waals surface area contributed by atoms with Gasteiger partial charge >= 0.3 is 0 Å². The molecule has 0 spiro atoms. The van der Waals surface area contributed by atoms with E-state index in [1.807, 2.05) is 38.1 Å². The molecule has 28 heavy (non-hydrogen) atoms. The zero-order valence-electron chi connectivity index (χ0n) is 16.2. The smallest absolute Gasteiger partial charge is 0.227 e. The maximum Gasteiger partial charge on any atom is 0.227 e. The van der Waals surface area contributed by atoms with Gasteiger partial charge in [0.15, 0.2) is 0 Å². The maximum absolute atomic E-state index is 14.0. The predicted molar refractivity (Wildman–Crippen MR) is 105 cm³/mol. The van der Waals surface area contributed by atoms with Crippen molar-refractivity contribution in [3.63, 3.8) is 0 Å². The van der Waals surface area contributed by atoms with E-state index in [0.29, 0.717) is 13.2 Å². The lowest BCUT2D eigenvalue weighted by atomic mass is 10.1.